The summed E-state index contributed by atoms with van der Waals surface area (Å²) in [4.78, 5) is -0.0730. The van der Waals surface area contributed by atoms with Crippen LogP contribution in [0.4, 0.5) is 5.69 Å². The Labute approximate surface area is 197 Å². The molecule has 0 aromatic heterocycles. The molecule has 5 rings (SSSR count). The lowest BCUT2D eigenvalue weighted by atomic mass is 9.88. The summed E-state index contributed by atoms with van der Waals surface area (Å²) >= 11 is 0. The number of aromatic hydroxyl groups is 1. The van der Waals surface area contributed by atoms with E-state index < -0.39 is 15.9 Å². The average molecular weight is 472 g/mol. The molecule has 8 heteroatoms. The van der Waals surface area contributed by atoms with E-state index in [9.17, 15) is 18.8 Å². The molecule has 0 spiro atoms. The third-order valence-electron chi connectivity index (χ3n) is 6.14. The minimum Gasteiger partial charge on any atom is -0.508 e. The van der Waals surface area contributed by atoms with Gasteiger partial charge in [0.25, 0.3) is 10.0 Å². The summed E-state index contributed by atoms with van der Waals surface area (Å²) in [5.74, 6) is -1.14. The van der Waals surface area contributed by atoms with Crippen LogP contribution in [0.3, 0.4) is 0 Å². The zero-order valence-electron chi connectivity index (χ0n) is 18.3. The minimum absolute atomic E-state index is 0.0249. The second-order valence-corrected chi connectivity index (χ2v) is 10.00. The van der Waals surface area contributed by atoms with Gasteiger partial charge in [0.2, 0.25) is 5.88 Å². The van der Waals surface area contributed by atoms with Crippen molar-refractivity contribution < 1.29 is 18.3 Å². The summed E-state index contributed by atoms with van der Waals surface area (Å²) in [6, 6.07) is 22.8. The number of hydrogen-bond donors (Lipinski definition) is 2. The quantitative estimate of drug-likeness (QED) is 0.591. The number of nitriles is 1. The zero-order valence-corrected chi connectivity index (χ0v) is 19.1. The number of allylic oxidation sites excluding steroid dienone is 2. The lowest BCUT2D eigenvalue weighted by Crippen LogP contribution is -2.39. The molecular formula is C26H21N3O4S. The number of nitrogens with two attached hydrogens (primary N) is 1. The number of nitrogens with zero attached hydrogens (tertiary/aromatic N) is 2. The van der Waals surface area contributed by atoms with Gasteiger partial charge in [0, 0.05) is 5.56 Å². The Bertz CT molecular complexity index is 1530. The Hall–Kier alpha value is -4.22. The molecule has 0 saturated carbocycles. The van der Waals surface area contributed by atoms with Gasteiger partial charge in [0.05, 0.1) is 18.2 Å². The summed E-state index contributed by atoms with van der Waals surface area (Å²) in [7, 11) is -4.16. The molecule has 3 N–H and O–H groups in total. The van der Waals surface area contributed by atoms with E-state index in [-0.39, 0.29) is 34.4 Å². The fraction of sp³-hybridized carbons (Fsp3) is 0.115. The molecule has 7 nitrogen and oxygen atoms in total. The number of para-hydroxylation sites is 1. The van der Waals surface area contributed by atoms with Crippen molar-refractivity contribution >= 4 is 21.5 Å². The maximum atomic E-state index is 14.2. The molecule has 3 aromatic rings. The van der Waals surface area contributed by atoms with E-state index in [2.05, 4.69) is 0 Å². The number of ether oxygens (including phenoxy) is 1. The van der Waals surface area contributed by atoms with Crippen molar-refractivity contribution in [2.75, 3.05) is 4.31 Å². The van der Waals surface area contributed by atoms with E-state index >= 15 is 0 Å². The normalized spacial score (nSPS) is 18.6. The molecular weight excluding hydrogens is 450 g/mol. The molecule has 0 bridgehead atoms. The van der Waals surface area contributed by atoms with Crippen LogP contribution < -0.4 is 10.0 Å². The lowest BCUT2D eigenvalue weighted by molar-refractivity contribution is 0.357. The largest absolute Gasteiger partial charge is 0.508 e. The predicted molar refractivity (Wildman–Crippen MR) is 128 cm³/mol. The maximum absolute atomic E-state index is 14.2. The number of hydrogen-bond acceptors (Lipinski definition) is 6. The third kappa shape index (κ3) is 3.29. The van der Waals surface area contributed by atoms with E-state index in [1.165, 1.54) is 16.4 Å². The van der Waals surface area contributed by atoms with Gasteiger partial charge < -0.3 is 15.6 Å². The first-order chi connectivity index (χ1) is 16.3. The van der Waals surface area contributed by atoms with E-state index in [1.54, 1.807) is 36.4 Å². The molecule has 2 heterocycles. The molecule has 2 aliphatic heterocycles. The Balaban J connectivity index is 1.78. The van der Waals surface area contributed by atoms with Crippen LogP contribution in [-0.2, 0) is 21.3 Å². The minimum atomic E-state index is -4.16. The molecule has 0 unspecified atom stereocenters. The highest BCUT2D eigenvalue weighted by Crippen LogP contribution is 2.51. The molecule has 0 radical (unpaired) electrons. The molecule has 1 atom stereocenters. The number of phenols is 1. The van der Waals surface area contributed by atoms with Gasteiger partial charge in [0.1, 0.15) is 22.3 Å². The van der Waals surface area contributed by atoms with Crippen LogP contribution in [0.25, 0.3) is 5.76 Å². The number of fused-ring (bicyclic) bond motifs is 2. The monoisotopic (exact) mass is 471 g/mol. The third-order valence-corrected chi connectivity index (χ3v) is 8.02. The number of benzene rings is 3. The van der Waals surface area contributed by atoms with Gasteiger partial charge in [-0.05, 0) is 47.9 Å². The lowest BCUT2D eigenvalue weighted by Gasteiger charge is -2.38. The fourth-order valence-corrected chi connectivity index (χ4v) is 6.36. The molecule has 0 saturated heterocycles. The van der Waals surface area contributed by atoms with Gasteiger partial charge in [-0.15, -0.1) is 0 Å². The van der Waals surface area contributed by atoms with Gasteiger partial charge in [0.15, 0.2) is 5.76 Å². The van der Waals surface area contributed by atoms with Crippen molar-refractivity contribution in [2.24, 2.45) is 5.73 Å². The van der Waals surface area contributed by atoms with E-state index in [4.69, 9.17) is 10.5 Å². The summed E-state index contributed by atoms with van der Waals surface area (Å²) in [5, 5.41) is 20.0. The van der Waals surface area contributed by atoms with Crippen molar-refractivity contribution in [3.8, 4) is 11.8 Å². The van der Waals surface area contributed by atoms with Gasteiger partial charge in [-0.1, -0.05) is 48.5 Å². The first-order valence-corrected chi connectivity index (χ1v) is 12.0. The molecule has 3 aromatic carbocycles. The van der Waals surface area contributed by atoms with Gasteiger partial charge in [-0.25, -0.2) is 8.42 Å². The Kier molecular flexibility index (Phi) is 5.07. The van der Waals surface area contributed by atoms with Crippen LogP contribution in [0, 0.1) is 18.3 Å². The van der Waals surface area contributed by atoms with Gasteiger partial charge in [-0.2, -0.15) is 5.26 Å². The molecule has 0 aliphatic carbocycles. The number of sulfonamides is 1. The first kappa shape index (κ1) is 21.6. The van der Waals surface area contributed by atoms with Crippen LogP contribution in [0.2, 0.25) is 0 Å². The van der Waals surface area contributed by atoms with Crippen molar-refractivity contribution in [1.29, 1.82) is 5.26 Å². The predicted octanol–water partition coefficient (Wildman–Crippen LogP) is 4.23. The Morgan fingerprint density at radius 2 is 1.82 bits per heavy atom. The van der Waals surface area contributed by atoms with E-state index in [1.807, 2.05) is 37.3 Å². The highest BCUT2D eigenvalue weighted by Gasteiger charge is 2.47. The Morgan fingerprint density at radius 3 is 2.56 bits per heavy atom. The highest BCUT2D eigenvalue weighted by atomic mass is 32.2. The summed E-state index contributed by atoms with van der Waals surface area (Å²) in [6.07, 6.45) is 0. The van der Waals surface area contributed by atoms with E-state index in [0.717, 1.165) is 11.1 Å². The van der Waals surface area contributed by atoms with Crippen molar-refractivity contribution in [2.45, 2.75) is 19.4 Å². The van der Waals surface area contributed by atoms with Gasteiger partial charge >= 0.3 is 0 Å². The topological polar surface area (TPSA) is 117 Å². The molecule has 2 aliphatic rings. The van der Waals surface area contributed by atoms with Crippen molar-refractivity contribution in [1.82, 2.24) is 0 Å². The second-order valence-electron chi connectivity index (χ2n) is 8.17. The molecule has 34 heavy (non-hydrogen) atoms. The number of aryl methyl sites for hydroxylation is 1. The smallest absolute Gasteiger partial charge is 0.265 e. The average Bonchev–Trinajstić information content (AvgIpc) is 2.82. The maximum Gasteiger partial charge on any atom is 0.265 e. The van der Waals surface area contributed by atoms with Gasteiger partial charge in [-0.3, -0.25) is 4.31 Å². The fourth-order valence-electron chi connectivity index (χ4n) is 4.46. The SMILES string of the molecule is Cc1ccccc1CN1c2ccccc2C2=C([C@@H](c3cccc(O)c3)C(C#N)=C(N)O2)S1(=O)=O. The summed E-state index contributed by atoms with van der Waals surface area (Å²) in [5.41, 5.74) is 9.35. The van der Waals surface area contributed by atoms with Crippen LogP contribution in [-0.4, -0.2) is 13.5 Å². The number of anilines is 1. The first-order valence-electron chi connectivity index (χ1n) is 10.6. The summed E-state index contributed by atoms with van der Waals surface area (Å²) in [6.45, 7) is 2.04. The molecule has 0 fully saturated rings. The van der Waals surface area contributed by atoms with E-state index in [0.29, 0.717) is 16.8 Å². The van der Waals surface area contributed by atoms with Crippen LogP contribution in [0.15, 0.2) is 89.2 Å². The van der Waals surface area contributed by atoms with Crippen LogP contribution in [0.5, 0.6) is 5.75 Å². The number of rotatable bonds is 3. The highest BCUT2D eigenvalue weighted by molar-refractivity contribution is 7.96. The second kappa shape index (κ2) is 7.97. The Morgan fingerprint density at radius 1 is 1.09 bits per heavy atom. The summed E-state index contributed by atoms with van der Waals surface area (Å²) < 4.78 is 35.6. The molecule has 0 amide bonds. The standard InChI is InChI=1S/C26H21N3O4S/c1-16-7-2-3-8-18(16)15-29-22-12-5-4-11-20(22)24-25(34(29,31)32)23(21(14-27)26(28)33-24)17-9-6-10-19(30)13-17/h2-13,23,30H,15,28H2,1H3/t23-/m0/s1. The van der Waals surface area contributed by atoms with Crippen molar-refractivity contribution in [3.63, 3.8) is 0 Å². The van der Waals surface area contributed by atoms with Crippen LogP contribution in [0.1, 0.15) is 28.2 Å². The zero-order chi connectivity index (χ0) is 24.0. The van der Waals surface area contributed by atoms with Crippen LogP contribution >= 0.6 is 0 Å². The number of phenolic OH excluding ortho intramolecular Hbond substituents is 1. The van der Waals surface area contributed by atoms with Crippen molar-refractivity contribution in [3.05, 3.63) is 111 Å². The molecule has 170 valence electrons.